The van der Waals surface area contributed by atoms with Crippen molar-refractivity contribution in [2.75, 3.05) is 6.54 Å². The van der Waals surface area contributed by atoms with Gasteiger partial charge in [-0.1, -0.05) is 6.07 Å². The molecule has 1 aliphatic rings. The summed E-state index contributed by atoms with van der Waals surface area (Å²) in [6, 6.07) is 7.20. The number of furan rings is 1. The summed E-state index contributed by atoms with van der Waals surface area (Å²) < 4.78 is 33.2. The van der Waals surface area contributed by atoms with Crippen molar-refractivity contribution in [2.24, 2.45) is 0 Å². The molecule has 1 saturated heterocycles. The first-order valence-electron chi connectivity index (χ1n) is 7.54. The molecule has 0 spiro atoms. The van der Waals surface area contributed by atoms with Crippen LogP contribution in [0.3, 0.4) is 0 Å². The quantitative estimate of drug-likeness (QED) is 0.866. The summed E-state index contributed by atoms with van der Waals surface area (Å²) in [4.78, 5) is 0.411. The maximum atomic E-state index is 13.1. The molecule has 1 fully saturated rings. The number of nitrogens with zero attached hydrogens (tertiary/aromatic N) is 1. The van der Waals surface area contributed by atoms with Gasteiger partial charge in [0.2, 0.25) is 10.0 Å². The predicted octanol–water partition coefficient (Wildman–Crippen LogP) is 3.73. The zero-order valence-electron chi connectivity index (χ0n) is 13.2. The molecule has 2 aromatic rings. The van der Waals surface area contributed by atoms with Crippen molar-refractivity contribution in [3.05, 3.63) is 53.0 Å². The fourth-order valence-electron chi connectivity index (χ4n) is 3.13. The van der Waals surface area contributed by atoms with Gasteiger partial charge in [-0.3, -0.25) is 0 Å². The van der Waals surface area contributed by atoms with Crippen molar-refractivity contribution < 1.29 is 12.8 Å². The average Bonchev–Trinajstić information content (AvgIpc) is 3.11. The molecule has 1 aliphatic heterocycles. The Balaban J connectivity index is 2.04. The molecule has 3 rings (SSSR count). The highest BCUT2D eigenvalue weighted by Crippen LogP contribution is 2.37. The molecule has 2 heterocycles. The fourth-order valence-corrected chi connectivity index (χ4v) is 5.09. The van der Waals surface area contributed by atoms with Crippen LogP contribution in [0.15, 0.2) is 39.8 Å². The van der Waals surface area contributed by atoms with Crippen molar-refractivity contribution in [2.45, 2.75) is 44.6 Å². The largest absolute Gasteiger partial charge is 0.468 e. The SMILES string of the molecule is Cc1cc(C)c(S(=O)(=O)N2CCC[C@@H]2c2ccco2)cc1C. The minimum absolute atomic E-state index is 0.194. The van der Waals surface area contributed by atoms with E-state index in [-0.39, 0.29) is 6.04 Å². The van der Waals surface area contributed by atoms with Crippen LogP contribution in [0.2, 0.25) is 0 Å². The summed E-state index contributed by atoms with van der Waals surface area (Å²) in [5, 5.41) is 0. The van der Waals surface area contributed by atoms with Gasteiger partial charge in [-0.15, -0.1) is 0 Å². The second kappa shape index (κ2) is 5.56. The van der Waals surface area contributed by atoms with Crippen LogP contribution in [0.4, 0.5) is 0 Å². The number of benzene rings is 1. The maximum absolute atomic E-state index is 13.1. The van der Waals surface area contributed by atoms with Gasteiger partial charge in [0.25, 0.3) is 0 Å². The molecule has 1 aromatic heterocycles. The molecular weight excluding hydrogens is 298 g/mol. The van der Waals surface area contributed by atoms with Crippen LogP contribution in [-0.4, -0.2) is 19.3 Å². The Morgan fingerprint density at radius 1 is 1.14 bits per heavy atom. The number of hydrogen-bond acceptors (Lipinski definition) is 3. The highest BCUT2D eigenvalue weighted by molar-refractivity contribution is 7.89. The topological polar surface area (TPSA) is 50.5 Å². The van der Waals surface area contributed by atoms with E-state index in [0.717, 1.165) is 35.3 Å². The summed E-state index contributed by atoms with van der Waals surface area (Å²) >= 11 is 0. The summed E-state index contributed by atoms with van der Waals surface area (Å²) in [5.74, 6) is 0.725. The number of sulfonamides is 1. The van der Waals surface area contributed by atoms with Gasteiger partial charge in [0.15, 0.2) is 0 Å². The van der Waals surface area contributed by atoms with E-state index in [1.54, 1.807) is 22.7 Å². The molecular formula is C17H21NO3S. The Bertz CT molecular complexity index is 778. The third-order valence-corrected chi connectivity index (χ3v) is 6.50. The van der Waals surface area contributed by atoms with Gasteiger partial charge in [0, 0.05) is 6.54 Å². The van der Waals surface area contributed by atoms with Gasteiger partial charge in [-0.2, -0.15) is 4.31 Å². The molecule has 4 nitrogen and oxygen atoms in total. The van der Waals surface area contributed by atoms with Gasteiger partial charge >= 0.3 is 0 Å². The molecule has 118 valence electrons. The lowest BCUT2D eigenvalue weighted by Crippen LogP contribution is -2.31. The van der Waals surface area contributed by atoms with Crippen LogP contribution < -0.4 is 0 Å². The highest BCUT2D eigenvalue weighted by Gasteiger charge is 2.38. The minimum atomic E-state index is -3.51. The Labute approximate surface area is 131 Å². The average molecular weight is 319 g/mol. The molecule has 0 saturated carbocycles. The maximum Gasteiger partial charge on any atom is 0.244 e. The van der Waals surface area contributed by atoms with Crippen molar-refractivity contribution in [1.82, 2.24) is 4.31 Å². The lowest BCUT2D eigenvalue weighted by Gasteiger charge is -2.24. The van der Waals surface area contributed by atoms with E-state index in [2.05, 4.69) is 0 Å². The van der Waals surface area contributed by atoms with E-state index < -0.39 is 10.0 Å². The fraction of sp³-hybridized carbons (Fsp3) is 0.412. The number of hydrogen-bond donors (Lipinski definition) is 0. The van der Waals surface area contributed by atoms with Crippen LogP contribution in [0.25, 0.3) is 0 Å². The third-order valence-electron chi connectivity index (χ3n) is 4.45. The molecule has 0 unspecified atom stereocenters. The molecule has 5 heteroatoms. The van der Waals surface area contributed by atoms with E-state index in [0.29, 0.717) is 11.4 Å². The normalized spacial score (nSPS) is 19.7. The van der Waals surface area contributed by atoms with Gasteiger partial charge in [-0.25, -0.2) is 8.42 Å². The molecule has 1 atom stereocenters. The van der Waals surface area contributed by atoms with Crippen molar-refractivity contribution in [1.29, 1.82) is 0 Å². The van der Waals surface area contributed by atoms with Gasteiger partial charge in [-0.05, 0) is 68.5 Å². The summed E-state index contributed by atoms with van der Waals surface area (Å²) in [6.45, 7) is 6.35. The van der Waals surface area contributed by atoms with E-state index in [1.165, 1.54) is 0 Å². The standard InChI is InChI=1S/C17H21NO3S/c1-12-10-14(3)17(11-13(12)2)22(19,20)18-8-4-6-15(18)16-7-5-9-21-16/h5,7,9-11,15H,4,6,8H2,1-3H3/t15-/m1/s1. The molecule has 1 aromatic carbocycles. The van der Waals surface area contributed by atoms with Gasteiger partial charge in [0.05, 0.1) is 17.2 Å². The van der Waals surface area contributed by atoms with Crippen molar-refractivity contribution in [3.63, 3.8) is 0 Å². The smallest absolute Gasteiger partial charge is 0.244 e. The molecule has 22 heavy (non-hydrogen) atoms. The van der Waals surface area contributed by atoms with Crippen LogP contribution in [0.1, 0.15) is 41.3 Å². The Morgan fingerprint density at radius 2 is 1.86 bits per heavy atom. The zero-order chi connectivity index (χ0) is 15.9. The molecule has 0 bridgehead atoms. The minimum Gasteiger partial charge on any atom is -0.468 e. The molecule has 0 aliphatic carbocycles. The van der Waals surface area contributed by atoms with E-state index in [1.807, 2.05) is 32.9 Å². The monoisotopic (exact) mass is 319 g/mol. The van der Waals surface area contributed by atoms with E-state index in [4.69, 9.17) is 4.42 Å². The van der Waals surface area contributed by atoms with Gasteiger partial charge < -0.3 is 4.42 Å². The zero-order valence-corrected chi connectivity index (χ0v) is 14.0. The van der Waals surface area contributed by atoms with E-state index in [9.17, 15) is 8.42 Å². The summed E-state index contributed by atoms with van der Waals surface area (Å²) in [6.07, 6.45) is 3.25. The lowest BCUT2D eigenvalue weighted by atomic mass is 10.1. The number of aryl methyl sites for hydroxylation is 3. The second-order valence-electron chi connectivity index (χ2n) is 5.99. The van der Waals surface area contributed by atoms with Crippen molar-refractivity contribution in [3.8, 4) is 0 Å². The van der Waals surface area contributed by atoms with Crippen LogP contribution >= 0.6 is 0 Å². The second-order valence-corrected chi connectivity index (χ2v) is 7.85. The van der Waals surface area contributed by atoms with Crippen LogP contribution in [0, 0.1) is 20.8 Å². The highest BCUT2D eigenvalue weighted by atomic mass is 32.2. The molecule has 0 amide bonds. The predicted molar refractivity (Wildman–Crippen MR) is 85.2 cm³/mol. The van der Waals surface area contributed by atoms with Crippen LogP contribution in [-0.2, 0) is 10.0 Å². The first kappa shape index (κ1) is 15.3. The first-order chi connectivity index (χ1) is 10.4. The van der Waals surface area contributed by atoms with Crippen molar-refractivity contribution >= 4 is 10.0 Å². The van der Waals surface area contributed by atoms with Gasteiger partial charge in [0.1, 0.15) is 5.76 Å². The number of rotatable bonds is 3. The Kier molecular flexibility index (Phi) is 3.87. The molecule has 0 N–H and O–H groups in total. The van der Waals surface area contributed by atoms with E-state index >= 15 is 0 Å². The van der Waals surface area contributed by atoms with Crippen LogP contribution in [0.5, 0.6) is 0 Å². The Morgan fingerprint density at radius 3 is 2.55 bits per heavy atom. The Hall–Kier alpha value is -1.59. The molecule has 0 radical (unpaired) electrons. The third kappa shape index (κ3) is 2.48. The summed E-state index contributed by atoms with van der Waals surface area (Å²) in [7, 11) is -3.51. The first-order valence-corrected chi connectivity index (χ1v) is 8.98. The lowest BCUT2D eigenvalue weighted by molar-refractivity contribution is 0.339. The summed E-state index contributed by atoms with van der Waals surface area (Å²) in [5.41, 5.74) is 2.91.